The third-order valence-electron chi connectivity index (χ3n) is 3.87. The van der Waals surface area contributed by atoms with Gasteiger partial charge in [-0.3, -0.25) is 0 Å². The predicted molar refractivity (Wildman–Crippen MR) is 87.6 cm³/mol. The van der Waals surface area contributed by atoms with Crippen molar-refractivity contribution in [2.75, 3.05) is 0 Å². The van der Waals surface area contributed by atoms with E-state index in [4.69, 9.17) is 0 Å². The molecule has 0 saturated carbocycles. The standard InChI is InChI=1S/C18H22Si/c1-15(2)18(16-11-7-5-8-12-16)19(3,4)17-13-9-6-10-14-17/h5-14,18H,1H2,2-4H3/t18-/m1/s1. The summed E-state index contributed by atoms with van der Waals surface area (Å²) in [5, 5.41) is 1.49. The zero-order valence-corrected chi connectivity index (χ0v) is 13.1. The molecule has 0 aromatic heterocycles. The second-order valence-electron chi connectivity index (χ2n) is 5.78. The van der Waals surface area contributed by atoms with Crippen LogP contribution in [0, 0.1) is 0 Å². The molecule has 0 spiro atoms. The summed E-state index contributed by atoms with van der Waals surface area (Å²) in [7, 11) is -1.61. The van der Waals surface area contributed by atoms with E-state index < -0.39 is 8.07 Å². The lowest BCUT2D eigenvalue weighted by atomic mass is 10.1. The van der Waals surface area contributed by atoms with E-state index in [2.05, 4.69) is 87.3 Å². The van der Waals surface area contributed by atoms with Crippen molar-refractivity contribution in [1.82, 2.24) is 0 Å². The quantitative estimate of drug-likeness (QED) is 0.564. The Morgan fingerprint density at radius 2 is 1.37 bits per heavy atom. The fourth-order valence-electron chi connectivity index (χ4n) is 3.00. The van der Waals surface area contributed by atoms with Crippen molar-refractivity contribution < 1.29 is 0 Å². The maximum absolute atomic E-state index is 4.26. The molecule has 1 atom stereocenters. The monoisotopic (exact) mass is 266 g/mol. The highest BCUT2D eigenvalue weighted by molar-refractivity contribution is 6.91. The third-order valence-corrected chi connectivity index (χ3v) is 7.96. The normalized spacial score (nSPS) is 13.0. The molecule has 0 aliphatic heterocycles. The number of hydrogen-bond acceptors (Lipinski definition) is 0. The van der Waals surface area contributed by atoms with E-state index in [1.165, 1.54) is 16.3 Å². The van der Waals surface area contributed by atoms with Gasteiger partial charge < -0.3 is 0 Å². The molecular formula is C18H22Si. The van der Waals surface area contributed by atoms with Gasteiger partial charge in [0.2, 0.25) is 0 Å². The predicted octanol–water partition coefficient (Wildman–Crippen LogP) is 4.50. The van der Waals surface area contributed by atoms with Gasteiger partial charge in [-0.05, 0) is 12.5 Å². The molecule has 0 bridgehead atoms. The molecular weight excluding hydrogens is 244 g/mol. The summed E-state index contributed by atoms with van der Waals surface area (Å²) >= 11 is 0. The molecule has 0 fully saturated rings. The number of benzene rings is 2. The highest BCUT2D eigenvalue weighted by atomic mass is 28.3. The van der Waals surface area contributed by atoms with Crippen molar-refractivity contribution >= 4 is 13.3 Å². The lowest BCUT2D eigenvalue weighted by molar-refractivity contribution is 1.05. The first kappa shape index (κ1) is 13.8. The number of hydrogen-bond donors (Lipinski definition) is 0. The van der Waals surface area contributed by atoms with Crippen molar-refractivity contribution in [2.45, 2.75) is 25.6 Å². The van der Waals surface area contributed by atoms with Crippen molar-refractivity contribution in [3.05, 3.63) is 78.4 Å². The molecule has 2 aromatic carbocycles. The maximum Gasteiger partial charge on any atom is 0.0922 e. The Morgan fingerprint density at radius 1 is 0.895 bits per heavy atom. The van der Waals surface area contributed by atoms with Crippen molar-refractivity contribution in [3.63, 3.8) is 0 Å². The molecule has 0 nitrogen and oxygen atoms in total. The SMILES string of the molecule is C=C(C)[C@H](c1ccccc1)[Si](C)(C)c1ccccc1. The van der Waals surface area contributed by atoms with Crippen LogP contribution in [0.2, 0.25) is 13.1 Å². The molecule has 0 amide bonds. The summed E-state index contributed by atoms with van der Waals surface area (Å²) in [6.07, 6.45) is 0. The Balaban J connectivity index is 2.48. The van der Waals surface area contributed by atoms with E-state index in [-0.39, 0.29) is 0 Å². The molecule has 2 aromatic rings. The number of allylic oxidation sites excluding steroid dienone is 1. The highest BCUT2D eigenvalue weighted by Gasteiger charge is 2.34. The molecule has 0 unspecified atom stereocenters. The lowest BCUT2D eigenvalue weighted by Gasteiger charge is -2.34. The van der Waals surface area contributed by atoms with Gasteiger partial charge in [0.25, 0.3) is 0 Å². The fraction of sp³-hybridized carbons (Fsp3) is 0.222. The maximum atomic E-state index is 4.26. The minimum Gasteiger partial charge on any atom is -0.0998 e. The van der Waals surface area contributed by atoms with E-state index in [9.17, 15) is 0 Å². The average Bonchev–Trinajstić information content (AvgIpc) is 2.40. The molecule has 1 heteroatoms. The van der Waals surface area contributed by atoms with Crippen LogP contribution in [-0.4, -0.2) is 8.07 Å². The molecule has 0 N–H and O–H groups in total. The second kappa shape index (κ2) is 5.58. The van der Waals surface area contributed by atoms with E-state index in [1.807, 2.05) is 0 Å². The van der Waals surface area contributed by atoms with Gasteiger partial charge in [-0.1, -0.05) is 91.1 Å². The van der Waals surface area contributed by atoms with Gasteiger partial charge in [-0.2, -0.15) is 0 Å². The van der Waals surface area contributed by atoms with Gasteiger partial charge in [0.1, 0.15) is 0 Å². The van der Waals surface area contributed by atoms with Crippen molar-refractivity contribution in [1.29, 1.82) is 0 Å². The van der Waals surface area contributed by atoms with Crippen LogP contribution in [0.5, 0.6) is 0 Å². The van der Waals surface area contributed by atoms with Gasteiger partial charge >= 0.3 is 0 Å². The van der Waals surface area contributed by atoms with Crippen LogP contribution in [0.4, 0.5) is 0 Å². The second-order valence-corrected chi connectivity index (χ2v) is 10.4. The van der Waals surface area contributed by atoms with E-state index in [0.717, 1.165) is 0 Å². The zero-order chi connectivity index (χ0) is 13.9. The van der Waals surface area contributed by atoms with Gasteiger partial charge in [0.05, 0.1) is 8.07 Å². The van der Waals surface area contributed by atoms with Crippen LogP contribution >= 0.6 is 0 Å². The van der Waals surface area contributed by atoms with Crippen LogP contribution in [0.15, 0.2) is 72.8 Å². The first-order chi connectivity index (χ1) is 9.03. The Bertz CT molecular complexity index is 540. The first-order valence-corrected chi connectivity index (χ1v) is 9.87. The average molecular weight is 266 g/mol. The van der Waals surface area contributed by atoms with Crippen LogP contribution in [0.25, 0.3) is 0 Å². The summed E-state index contributed by atoms with van der Waals surface area (Å²) in [6, 6.07) is 21.7. The molecule has 0 radical (unpaired) electrons. The minimum atomic E-state index is -1.61. The zero-order valence-electron chi connectivity index (χ0n) is 12.1. The van der Waals surface area contributed by atoms with Crippen molar-refractivity contribution in [3.8, 4) is 0 Å². The molecule has 0 aliphatic carbocycles. The van der Waals surface area contributed by atoms with E-state index in [1.54, 1.807) is 0 Å². The Kier molecular flexibility index (Phi) is 4.06. The summed E-state index contributed by atoms with van der Waals surface area (Å²) in [6.45, 7) is 11.3. The Labute approximate surface area is 117 Å². The van der Waals surface area contributed by atoms with Gasteiger partial charge in [-0.25, -0.2) is 0 Å². The van der Waals surface area contributed by atoms with Crippen LogP contribution < -0.4 is 5.19 Å². The summed E-state index contributed by atoms with van der Waals surface area (Å²) in [5.41, 5.74) is 3.14. The Morgan fingerprint density at radius 3 is 1.84 bits per heavy atom. The van der Waals surface area contributed by atoms with Gasteiger partial charge in [0.15, 0.2) is 0 Å². The highest BCUT2D eigenvalue weighted by Crippen LogP contribution is 2.32. The summed E-state index contributed by atoms with van der Waals surface area (Å²) < 4.78 is 0. The first-order valence-electron chi connectivity index (χ1n) is 6.79. The minimum absolute atomic E-state index is 0.469. The lowest BCUT2D eigenvalue weighted by Crippen LogP contribution is -2.48. The molecule has 0 aliphatic rings. The molecule has 2 rings (SSSR count). The summed E-state index contributed by atoms with van der Waals surface area (Å²) in [5.74, 6) is 0. The van der Waals surface area contributed by atoms with Gasteiger partial charge in [-0.15, -0.1) is 0 Å². The third kappa shape index (κ3) is 2.87. The molecule has 0 heterocycles. The molecule has 19 heavy (non-hydrogen) atoms. The van der Waals surface area contributed by atoms with Crippen molar-refractivity contribution in [2.24, 2.45) is 0 Å². The number of rotatable bonds is 4. The van der Waals surface area contributed by atoms with Crippen LogP contribution in [0.1, 0.15) is 18.0 Å². The fourth-order valence-corrected chi connectivity index (χ4v) is 6.64. The Hall–Kier alpha value is -1.60. The van der Waals surface area contributed by atoms with Gasteiger partial charge in [0, 0.05) is 5.54 Å². The summed E-state index contributed by atoms with van der Waals surface area (Å²) in [4.78, 5) is 0. The molecule has 98 valence electrons. The largest absolute Gasteiger partial charge is 0.0998 e. The van der Waals surface area contributed by atoms with Crippen LogP contribution in [-0.2, 0) is 0 Å². The molecule has 0 saturated heterocycles. The van der Waals surface area contributed by atoms with E-state index in [0.29, 0.717) is 5.54 Å². The topological polar surface area (TPSA) is 0 Å². The van der Waals surface area contributed by atoms with E-state index >= 15 is 0 Å². The smallest absolute Gasteiger partial charge is 0.0922 e. The van der Waals surface area contributed by atoms with Crippen LogP contribution in [0.3, 0.4) is 0 Å².